The van der Waals surface area contributed by atoms with Gasteiger partial charge < -0.3 is 0 Å². The molecule has 0 saturated carbocycles. The molecule has 0 radical (unpaired) electrons. The third-order valence-electron chi connectivity index (χ3n) is 3.76. The fraction of sp³-hybridized carbons (Fsp3) is 0. The van der Waals surface area contributed by atoms with Gasteiger partial charge in [-0.1, -0.05) is 12.1 Å². The SMILES string of the molecule is O=S(=O)(Nc1cccc(-n2cccn2)c1)c1cccc2ncccc12. The maximum absolute atomic E-state index is 12.9. The summed E-state index contributed by atoms with van der Waals surface area (Å²) in [7, 11) is -3.75. The molecular formula is C18H14N4O2S. The highest BCUT2D eigenvalue weighted by molar-refractivity contribution is 7.93. The Hall–Kier alpha value is -3.19. The molecule has 0 aliphatic carbocycles. The molecule has 4 aromatic rings. The summed E-state index contributed by atoms with van der Waals surface area (Å²) in [4.78, 5) is 4.40. The van der Waals surface area contributed by atoms with Crippen molar-refractivity contribution in [1.29, 1.82) is 0 Å². The molecule has 0 spiro atoms. The van der Waals surface area contributed by atoms with Crippen molar-refractivity contribution >= 4 is 26.6 Å². The van der Waals surface area contributed by atoms with Gasteiger partial charge in [-0.15, -0.1) is 0 Å². The van der Waals surface area contributed by atoms with Gasteiger partial charge in [0.15, 0.2) is 0 Å². The summed E-state index contributed by atoms with van der Waals surface area (Å²) in [6.07, 6.45) is 5.10. The normalized spacial score (nSPS) is 11.5. The summed E-state index contributed by atoms with van der Waals surface area (Å²) in [5.41, 5.74) is 1.87. The van der Waals surface area contributed by atoms with E-state index in [1.807, 2.05) is 6.07 Å². The first kappa shape index (κ1) is 15.3. The van der Waals surface area contributed by atoms with Gasteiger partial charge in [-0.2, -0.15) is 5.10 Å². The molecule has 0 unspecified atom stereocenters. The Kier molecular flexibility index (Phi) is 3.70. The lowest BCUT2D eigenvalue weighted by atomic mass is 10.2. The third kappa shape index (κ3) is 2.97. The zero-order valence-corrected chi connectivity index (χ0v) is 13.9. The fourth-order valence-electron chi connectivity index (χ4n) is 2.65. The highest BCUT2D eigenvalue weighted by atomic mass is 32.2. The van der Waals surface area contributed by atoms with Crippen molar-refractivity contribution < 1.29 is 8.42 Å². The zero-order chi connectivity index (χ0) is 17.3. The molecular weight excluding hydrogens is 336 g/mol. The quantitative estimate of drug-likeness (QED) is 0.613. The summed E-state index contributed by atoms with van der Waals surface area (Å²) in [5.74, 6) is 0. The molecule has 2 aromatic carbocycles. The van der Waals surface area contributed by atoms with Crippen LogP contribution in [0.4, 0.5) is 5.69 Å². The smallest absolute Gasteiger partial charge is 0.262 e. The molecule has 0 amide bonds. The van der Waals surface area contributed by atoms with Crippen molar-refractivity contribution in [2.24, 2.45) is 0 Å². The van der Waals surface area contributed by atoms with Gasteiger partial charge in [0.05, 0.1) is 21.8 Å². The summed E-state index contributed by atoms with van der Waals surface area (Å²) in [5, 5.41) is 4.74. The number of nitrogens with one attached hydrogen (secondary N) is 1. The number of rotatable bonds is 4. The van der Waals surface area contributed by atoms with E-state index in [9.17, 15) is 8.42 Å². The second kappa shape index (κ2) is 6.03. The van der Waals surface area contributed by atoms with Crippen LogP contribution in [0.3, 0.4) is 0 Å². The number of nitrogens with zero attached hydrogens (tertiary/aromatic N) is 3. The van der Waals surface area contributed by atoms with E-state index in [4.69, 9.17) is 0 Å². The second-order valence-electron chi connectivity index (χ2n) is 5.43. The average molecular weight is 350 g/mol. The van der Waals surface area contributed by atoms with Gasteiger partial charge in [-0.05, 0) is 48.5 Å². The number of hydrogen-bond acceptors (Lipinski definition) is 4. The number of benzene rings is 2. The lowest BCUT2D eigenvalue weighted by Gasteiger charge is -2.11. The van der Waals surface area contributed by atoms with Gasteiger partial charge in [0.25, 0.3) is 10.0 Å². The minimum atomic E-state index is -3.75. The first-order chi connectivity index (χ1) is 12.1. The van der Waals surface area contributed by atoms with Crippen LogP contribution in [0, 0.1) is 0 Å². The Morgan fingerprint density at radius 2 is 1.80 bits per heavy atom. The van der Waals surface area contributed by atoms with E-state index in [2.05, 4.69) is 14.8 Å². The van der Waals surface area contributed by atoms with Gasteiger partial charge in [0.2, 0.25) is 0 Å². The Balaban J connectivity index is 1.73. The Labute approximate surface area is 144 Å². The van der Waals surface area contributed by atoms with E-state index in [0.29, 0.717) is 16.6 Å². The Bertz CT molecular complexity index is 1130. The largest absolute Gasteiger partial charge is 0.280 e. The van der Waals surface area contributed by atoms with E-state index >= 15 is 0 Å². The number of anilines is 1. The van der Waals surface area contributed by atoms with Crippen LogP contribution in [-0.4, -0.2) is 23.2 Å². The van der Waals surface area contributed by atoms with Crippen molar-refractivity contribution in [3.63, 3.8) is 0 Å². The summed E-state index contributed by atoms with van der Waals surface area (Å²) in [6.45, 7) is 0. The highest BCUT2D eigenvalue weighted by Gasteiger charge is 2.17. The minimum Gasteiger partial charge on any atom is -0.280 e. The molecule has 1 N–H and O–H groups in total. The highest BCUT2D eigenvalue weighted by Crippen LogP contribution is 2.24. The van der Waals surface area contributed by atoms with Crippen molar-refractivity contribution in [2.75, 3.05) is 4.72 Å². The van der Waals surface area contributed by atoms with Crippen LogP contribution in [0.1, 0.15) is 0 Å². The van der Waals surface area contributed by atoms with Crippen LogP contribution in [0.15, 0.2) is 84.1 Å². The lowest BCUT2D eigenvalue weighted by molar-refractivity contribution is 0.602. The summed E-state index contributed by atoms with van der Waals surface area (Å²) in [6, 6.07) is 17.4. The third-order valence-corrected chi connectivity index (χ3v) is 5.20. The topological polar surface area (TPSA) is 76.9 Å². The van der Waals surface area contributed by atoms with Crippen LogP contribution in [0.25, 0.3) is 16.6 Å². The number of sulfonamides is 1. The molecule has 2 aromatic heterocycles. The van der Waals surface area contributed by atoms with E-state index in [-0.39, 0.29) is 4.90 Å². The van der Waals surface area contributed by atoms with Gasteiger partial charge in [-0.25, -0.2) is 13.1 Å². The summed E-state index contributed by atoms with van der Waals surface area (Å²) < 4.78 is 30.0. The Morgan fingerprint density at radius 1 is 0.920 bits per heavy atom. The molecule has 0 saturated heterocycles. The number of aromatic nitrogens is 3. The van der Waals surface area contributed by atoms with Crippen molar-refractivity contribution in [2.45, 2.75) is 4.90 Å². The van der Waals surface area contributed by atoms with Gasteiger partial charge in [0.1, 0.15) is 0 Å². The molecule has 7 heteroatoms. The average Bonchev–Trinajstić information content (AvgIpc) is 3.16. The molecule has 0 fully saturated rings. The first-order valence-corrected chi connectivity index (χ1v) is 9.08. The second-order valence-corrected chi connectivity index (χ2v) is 7.08. The van der Waals surface area contributed by atoms with Crippen LogP contribution in [0.2, 0.25) is 0 Å². The van der Waals surface area contributed by atoms with E-state index in [0.717, 1.165) is 5.69 Å². The molecule has 0 atom stereocenters. The lowest BCUT2D eigenvalue weighted by Crippen LogP contribution is -2.13. The first-order valence-electron chi connectivity index (χ1n) is 7.60. The van der Waals surface area contributed by atoms with Crippen molar-refractivity contribution in [3.05, 3.63) is 79.3 Å². The van der Waals surface area contributed by atoms with E-state index in [1.165, 1.54) is 0 Å². The van der Waals surface area contributed by atoms with E-state index < -0.39 is 10.0 Å². The van der Waals surface area contributed by atoms with Gasteiger partial charge >= 0.3 is 0 Å². The van der Waals surface area contributed by atoms with Crippen LogP contribution >= 0.6 is 0 Å². The molecule has 124 valence electrons. The van der Waals surface area contributed by atoms with E-state index in [1.54, 1.807) is 77.9 Å². The van der Waals surface area contributed by atoms with Gasteiger partial charge in [-0.3, -0.25) is 9.71 Å². The standard InChI is InChI=1S/C18H14N4O2S/c23-25(24,18-9-2-8-17-16(18)7-3-10-19-17)21-14-5-1-6-15(13-14)22-12-4-11-20-22/h1-13,21H. The summed E-state index contributed by atoms with van der Waals surface area (Å²) >= 11 is 0. The maximum Gasteiger partial charge on any atom is 0.262 e. The number of fused-ring (bicyclic) bond motifs is 1. The predicted molar refractivity (Wildman–Crippen MR) is 96.1 cm³/mol. The zero-order valence-electron chi connectivity index (χ0n) is 13.1. The minimum absolute atomic E-state index is 0.197. The van der Waals surface area contributed by atoms with Crippen LogP contribution < -0.4 is 4.72 Å². The van der Waals surface area contributed by atoms with Crippen LogP contribution in [-0.2, 0) is 10.0 Å². The van der Waals surface area contributed by atoms with Crippen molar-refractivity contribution in [3.8, 4) is 5.69 Å². The maximum atomic E-state index is 12.9. The Morgan fingerprint density at radius 3 is 2.64 bits per heavy atom. The molecule has 25 heavy (non-hydrogen) atoms. The number of hydrogen-bond donors (Lipinski definition) is 1. The molecule has 0 aliphatic heterocycles. The molecule has 6 nitrogen and oxygen atoms in total. The monoisotopic (exact) mass is 350 g/mol. The number of pyridine rings is 1. The molecule has 4 rings (SSSR count). The molecule has 0 aliphatic rings. The predicted octanol–water partition coefficient (Wildman–Crippen LogP) is 3.22. The molecule has 0 bridgehead atoms. The van der Waals surface area contributed by atoms with Gasteiger partial charge in [0, 0.05) is 24.0 Å². The van der Waals surface area contributed by atoms with Crippen LogP contribution in [0.5, 0.6) is 0 Å². The fourth-order valence-corrected chi connectivity index (χ4v) is 3.92. The molecule has 2 heterocycles. The van der Waals surface area contributed by atoms with Crippen molar-refractivity contribution in [1.82, 2.24) is 14.8 Å².